The lowest BCUT2D eigenvalue weighted by Crippen LogP contribution is -2.42. The zero-order valence-corrected chi connectivity index (χ0v) is 13.6. The molecule has 120 valence electrons. The third kappa shape index (κ3) is 3.62. The third-order valence-corrected chi connectivity index (χ3v) is 4.50. The van der Waals surface area contributed by atoms with E-state index in [1.165, 1.54) is 16.7 Å². The van der Waals surface area contributed by atoms with Crippen molar-refractivity contribution in [3.63, 3.8) is 0 Å². The van der Waals surface area contributed by atoms with Gasteiger partial charge < -0.3 is 10.6 Å². The molecule has 2 atom stereocenters. The lowest BCUT2D eigenvalue weighted by Gasteiger charge is -2.38. The van der Waals surface area contributed by atoms with E-state index in [1.54, 1.807) is 0 Å². The Kier molecular flexibility index (Phi) is 4.77. The molecule has 0 spiro atoms. The summed E-state index contributed by atoms with van der Waals surface area (Å²) in [6.45, 7) is 2.67. The highest BCUT2D eigenvalue weighted by Crippen LogP contribution is 2.33. The second kappa shape index (κ2) is 6.97. The molecule has 0 aromatic heterocycles. The van der Waals surface area contributed by atoms with Gasteiger partial charge in [0, 0.05) is 19.0 Å². The van der Waals surface area contributed by atoms with Crippen LogP contribution in [-0.4, -0.2) is 23.4 Å². The topological polar surface area (TPSA) is 46.3 Å². The van der Waals surface area contributed by atoms with Crippen LogP contribution in [0.5, 0.6) is 0 Å². The van der Waals surface area contributed by atoms with Crippen molar-refractivity contribution in [1.82, 2.24) is 4.90 Å². The molecule has 2 unspecified atom stereocenters. The number of hydrogen-bond acceptors (Lipinski definition) is 2. The van der Waals surface area contributed by atoms with E-state index in [0.717, 1.165) is 19.4 Å². The lowest BCUT2D eigenvalue weighted by atomic mass is 9.88. The Hall–Kier alpha value is -2.13. The summed E-state index contributed by atoms with van der Waals surface area (Å²) in [5.74, 6) is 0.162. The Morgan fingerprint density at radius 2 is 1.87 bits per heavy atom. The zero-order chi connectivity index (χ0) is 16.2. The highest BCUT2D eigenvalue weighted by molar-refractivity contribution is 5.77. The minimum atomic E-state index is -0.1000. The van der Waals surface area contributed by atoms with Crippen molar-refractivity contribution in [1.29, 1.82) is 0 Å². The van der Waals surface area contributed by atoms with E-state index in [4.69, 9.17) is 5.73 Å². The second-order valence-corrected chi connectivity index (χ2v) is 6.42. The number of fused-ring (bicyclic) bond motifs is 1. The van der Waals surface area contributed by atoms with Crippen molar-refractivity contribution in [2.75, 3.05) is 6.54 Å². The average molecular weight is 308 g/mol. The maximum atomic E-state index is 12.7. The first-order chi connectivity index (χ1) is 11.1. The monoisotopic (exact) mass is 308 g/mol. The van der Waals surface area contributed by atoms with E-state index in [2.05, 4.69) is 48.5 Å². The highest BCUT2D eigenvalue weighted by atomic mass is 16.2. The van der Waals surface area contributed by atoms with Gasteiger partial charge in [-0.1, -0.05) is 54.6 Å². The predicted octanol–water partition coefficient (Wildman–Crippen LogP) is 3.09. The number of amides is 1. The average Bonchev–Trinajstić information content (AvgIpc) is 2.55. The van der Waals surface area contributed by atoms with Crippen LogP contribution < -0.4 is 5.73 Å². The van der Waals surface area contributed by atoms with E-state index < -0.39 is 0 Å². The van der Waals surface area contributed by atoms with Gasteiger partial charge in [-0.05, 0) is 36.5 Å². The zero-order valence-electron chi connectivity index (χ0n) is 13.6. The number of benzene rings is 2. The normalized spacial score (nSPS) is 18.3. The van der Waals surface area contributed by atoms with E-state index in [-0.39, 0.29) is 18.0 Å². The Morgan fingerprint density at radius 1 is 1.17 bits per heavy atom. The van der Waals surface area contributed by atoms with Crippen LogP contribution >= 0.6 is 0 Å². The molecule has 3 rings (SSSR count). The van der Waals surface area contributed by atoms with E-state index in [1.807, 2.05) is 17.9 Å². The molecular formula is C20H24N2O. The van der Waals surface area contributed by atoms with Gasteiger partial charge in [-0.25, -0.2) is 0 Å². The van der Waals surface area contributed by atoms with Crippen LogP contribution in [-0.2, 0) is 17.6 Å². The molecule has 1 heterocycles. The summed E-state index contributed by atoms with van der Waals surface area (Å²) >= 11 is 0. The van der Waals surface area contributed by atoms with Crippen LogP contribution in [0, 0.1) is 0 Å². The summed E-state index contributed by atoms with van der Waals surface area (Å²) in [5, 5.41) is 0. The molecule has 1 aliphatic heterocycles. The predicted molar refractivity (Wildman–Crippen MR) is 93.0 cm³/mol. The maximum Gasteiger partial charge on any atom is 0.224 e. The molecule has 3 heteroatoms. The Labute approximate surface area is 138 Å². The number of rotatable bonds is 4. The van der Waals surface area contributed by atoms with Crippen LogP contribution in [0.4, 0.5) is 0 Å². The summed E-state index contributed by atoms with van der Waals surface area (Å²) in [7, 11) is 0. The summed E-state index contributed by atoms with van der Waals surface area (Å²) in [6, 6.07) is 18.9. The molecule has 0 saturated heterocycles. The molecular weight excluding hydrogens is 284 g/mol. The quantitative estimate of drug-likeness (QED) is 0.943. The summed E-state index contributed by atoms with van der Waals surface area (Å²) < 4.78 is 0. The molecule has 0 saturated carbocycles. The molecule has 0 radical (unpaired) electrons. The molecule has 2 aromatic carbocycles. The van der Waals surface area contributed by atoms with Crippen molar-refractivity contribution < 1.29 is 4.79 Å². The fourth-order valence-electron chi connectivity index (χ4n) is 3.40. The van der Waals surface area contributed by atoms with Crippen molar-refractivity contribution in [3.05, 3.63) is 71.3 Å². The van der Waals surface area contributed by atoms with Gasteiger partial charge in [0.2, 0.25) is 5.91 Å². The van der Waals surface area contributed by atoms with Gasteiger partial charge in [0.25, 0.3) is 0 Å². The molecule has 0 bridgehead atoms. The Bertz CT molecular complexity index is 666. The van der Waals surface area contributed by atoms with Gasteiger partial charge in [-0.2, -0.15) is 0 Å². The molecule has 0 fully saturated rings. The lowest BCUT2D eigenvalue weighted by molar-refractivity contribution is -0.134. The van der Waals surface area contributed by atoms with Gasteiger partial charge in [0.05, 0.1) is 6.04 Å². The van der Waals surface area contributed by atoms with Crippen molar-refractivity contribution in [2.45, 2.75) is 38.3 Å². The summed E-state index contributed by atoms with van der Waals surface area (Å²) in [6.07, 6.45) is 2.18. The fourth-order valence-corrected chi connectivity index (χ4v) is 3.40. The van der Waals surface area contributed by atoms with Gasteiger partial charge in [0.1, 0.15) is 0 Å². The van der Waals surface area contributed by atoms with Gasteiger partial charge in [-0.15, -0.1) is 0 Å². The van der Waals surface area contributed by atoms with Crippen LogP contribution in [0.15, 0.2) is 54.6 Å². The van der Waals surface area contributed by atoms with Crippen LogP contribution in [0.2, 0.25) is 0 Å². The smallest absolute Gasteiger partial charge is 0.224 e. The largest absolute Gasteiger partial charge is 0.335 e. The number of carbonyl (C=O) groups is 1. The van der Waals surface area contributed by atoms with Crippen molar-refractivity contribution >= 4 is 5.91 Å². The number of hydrogen-bond donors (Lipinski definition) is 1. The third-order valence-electron chi connectivity index (χ3n) is 4.50. The minimum absolute atomic E-state index is 0.1000. The van der Waals surface area contributed by atoms with Crippen LogP contribution in [0.1, 0.15) is 36.1 Å². The molecule has 1 amide bonds. The first-order valence-electron chi connectivity index (χ1n) is 8.32. The minimum Gasteiger partial charge on any atom is -0.335 e. The van der Waals surface area contributed by atoms with E-state index in [9.17, 15) is 4.79 Å². The number of carbonyl (C=O) groups excluding carboxylic acids is 1. The van der Waals surface area contributed by atoms with Crippen LogP contribution in [0.25, 0.3) is 0 Å². The molecule has 2 aromatic rings. The summed E-state index contributed by atoms with van der Waals surface area (Å²) in [5.41, 5.74) is 9.74. The van der Waals surface area contributed by atoms with E-state index in [0.29, 0.717) is 6.42 Å². The first kappa shape index (κ1) is 15.8. The molecule has 0 aliphatic carbocycles. The molecule has 1 aliphatic rings. The fraction of sp³-hybridized carbons (Fsp3) is 0.350. The number of nitrogens with two attached hydrogens (primary N) is 1. The number of nitrogens with zero attached hydrogens (tertiary/aromatic N) is 1. The molecule has 3 nitrogen and oxygen atoms in total. The van der Waals surface area contributed by atoms with Gasteiger partial charge in [0.15, 0.2) is 0 Å². The second-order valence-electron chi connectivity index (χ2n) is 6.42. The van der Waals surface area contributed by atoms with Crippen molar-refractivity contribution in [3.8, 4) is 0 Å². The van der Waals surface area contributed by atoms with E-state index >= 15 is 0 Å². The first-order valence-corrected chi connectivity index (χ1v) is 8.32. The molecule has 2 N–H and O–H groups in total. The summed E-state index contributed by atoms with van der Waals surface area (Å²) in [4.78, 5) is 14.7. The molecule has 23 heavy (non-hydrogen) atoms. The Balaban J connectivity index is 1.91. The Morgan fingerprint density at radius 3 is 2.61 bits per heavy atom. The van der Waals surface area contributed by atoms with Crippen molar-refractivity contribution in [2.24, 2.45) is 5.73 Å². The van der Waals surface area contributed by atoms with Gasteiger partial charge in [-0.3, -0.25) is 4.79 Å². The standard InChI is InChI=1S/C20H24N2O/c1-15(21)13-20(23)22-12-11-17-9-5-6-10-18(17)19(22)14-16-7-3-2-4-8-16/h2-10,15,19H,11-14,21H2,1H3. The highest BCUT2D eigenvalue weighted by Gasteiger charge is 2.30. The SMILES string of the molecule is CC(N)CC(=O)N1CCc2ccccc2C1Cc1ccccc1. The maximum absolute atomic E-state index is 12.7. The van der Waals surface area contributed by atoms with Crippen LogP contribution in [0.3, 0.4) is 0 Å². The van der Waals surface area contributed by atoms with Gasteiger partial charge >= 0.3 is 0 Å².